The SMILES string of the molecule is C[C@@H]1CN(c2ncnc3ccccc23)C[C@H]1C(=O)O. The van der Waals surface area contributed by atoms with E-state index in [0.717, 1.165) is 23.3 Å². The van der Waals surface area contributed by atoms with Crippen molar-refractivity contribution in [3.05, 3.63) is 30.6 Å². The average molecular weight is 257 g/mol. The molecule has 0 bridgehead atoms. The minimum atomic E-state index is -0.728. The smallest absolute Gasteiger partial charge is 0.308 e. The number of fused-ring (bicyclic) bond motifs is 1. The number of nitrogens with zero attached hydrogens (tertiary/aromatic N) is 3. The summed E-state index contributed by atoms with van der Waals surface area (Å²) in [6.07, 6.45) is 1.54. The quantitative estimate of drug-likeness (QED) is 0.888. The molecule has 1 N–H and O–H groups in total. The average Bonchev–Trinajstić information content (AvgIpc) is 2.80. The van der Waals surface area contributed by atoms with Crippen LogP contribution in [-0.2, 0) is 4.79 Å². The largest absolute Gasteiger partial charge is 0.481 e. The molecule has 1 aliphatic rings. The van der Waals surface area contributed by atoms with Crippen LogP contribution >= 0.6 is 0 Å². The van der Waals surface area contributed by atoms with E-state index in [1.54, 1.807) is 0 Å². The van der Waals surface area contributed by atoms with E-state index in [0.29, 0.717) is 6.54 Å². The molecule has 0 saturated carbocycles. The van der Waals surface area contributed by atoms with Gasteiger partial charge in [0.25, 0.3) is 0 Å². The molecule has 0 amide bonds. The number of anilines is 1. The highest BCUT2D eigenvalue weighted by atomic mass is 16.4. The predicted molar refractivity (Wildman–Crippen MR) is 72.0 cm³/mol. The van der Waals surface area contributed by atoms with E-state index in [2.05, 4.69) is 9.97 Å². The van der Waals surface area contributed by atoms with E-state index in [1.807, 2.05) is 36.1 Å². The van der Waals surface area contributed by atoms with E-state index in [9.17, 15) is 9.90 Å². The van der Waals surface area contributed by atoms with Crippen molar-refractivity contribution in [1.82, 2.24) is 9.97 Å². The molecule has 1 saturated heterocycles. The van der Waals surface area contributed by atoms with E-state index in [-0.39, 0.29) is 11.8 Å². The molecule has 0 aliphatic carbocycles. The summed E-state index contributed by atoms with van der Waals surface area (Å²) in [5.41, 5.74) is 0.888. The zero-order valence-corrected chi connectivity index (χ0v) is 10.7. The minimum absolute atomic E-state index is 0.131. The van der Waals surface area contributed by atoms with Crippen molar-refractivity contribution in [2.75, 3.05) is 18.0 Å². The minimum Gasteiger partial charge on any atom is -0.481 e. The first-order valence-corrected chi connectivity index (χ1v) is 6.34. The van der Waals surface area contributed by atoms with Gasteiger partial charge < -0.3 is 10.0 Å². The third-order valence-corrected chi connectivity index (χ3v) is 3.75. The first kappa shape index (κ1) is 11.9. The Labute approximate surface area is 110 Å². The highest BCUT2D eigenvalue weighted by Gasteiger charge is 2.35. The lowest BCUT2D eigenvalue weighted by Gasteiger charge is -2.18. The molecule has 1 fully saturated rings. The van der Waals surface area contributed by atoms with Crippen LogP contribution in [0.15, 0.2) is 30.6 Å². The summed E-state index contributed by atoms with van der Waals surface area (Å²) in [7, 11) is 0. The molecule has 19 heavy (non-hydrogen) atoms. The number of rotatable bonds is 2. The second-order valence-corrected chi connectivity index (χ2v) is 5.04. The second kappa shape index (κ2) is 4.50. The van der Waals surface area contributed by atoms with Crippen molar-refractivity contribution in [3.8, 4) is 0 Å². The van der Waals surface area contributed by atoms with Crippen LogP contribution in [-0.4, -0.2) is 34.1 Å². The summed E-state index contributed by atoms with van der Waals surface area (Å²) in [5.74, 6) is -0.0884. The van der Waals surface area contributed by atoms with E-state index in [1.165, 1.54) is 6.33 Å². The molecule has 2 heterocycles. The van der Waals surface area contributed by atoms with Gasteiger partial charge in [-0.2, -0.15) is 0 Å². The van der Waals surface area contributed by atoms with Gasteiger partial charge in [0.15, 0.2) is 0 Å². The van der Waals surface area contributed by atoms with Gasteiger partial charge >= 0.3 is 5.97 Å². The van der Waals surface area contributed by atoms with Crippen molar-refractivity contribution in [1.29, 1.82) is 0 Å². The second-order valence-electron chi connectivity index (χ2n) is 5.04. The van der Waals surface area contributed by atoms with Crippen LogP contribution in [0, 0.1) is 11.8 Å². The maximum atomic E-state index is 11.2. The molecule has 3 rings (SSSR count). The van der Waals surface area contributed by atoms with Gasteiger partial charge in [-0.15, -0.1) is 0 Å². The Morgan fingerprint density at radius 3 is 2.84 bits per heavy atom. The molecule has 2 atom stereocenters. The Balaban J connectivity index is 2.00. The first-order chi connectivity index (χ1) is 9.16. The summed E-state index contributed by atoms with van der Waals surface area (Å²) in [5, 5.41) is 10.2. The van der Waals surface area contributed by atoms with Crippen molar-refractivity contribution >= 4 is 22.7 Å². The monoisotopic (exact) mass is 257 g/mol. The number of hydrogen-bond donors (Lipinski definition) is 1. The lowest BCUT2D eigenvalue weighted by atomic mass is 9.99. The van der Waals surface area contributed by atoms with Gasteiger partial charge in [-0.25, -0.2) is 9.97 Å². The summed E-state index contributed by atoms with van der Waals surface area (Å²) in [6.45, 7) is 3.21. The molecule has 0 unspecified atom stereocenters. The fourth-order valence-corrected chi connectivity index (χ4v) is 2.70. The lowest BCUT2D eigenvalue weighted by Crippen LogP contribution is -2.24. The Bertz CT molecular complexity index is 624. The van der Waals surface area contributed by atoms with Gasteiger partial charge in [0, 0.05) is 18.5 Å². The molecule has 0 radical (unpaired) electrons. The summed E-state index contributed by atoms with van der Waals surface area (Å²) in [4.78, 5) is 21.8. The van der Waals surface area contributed by atoms with Gasteiger partial charge in [-0.3, -0.25) is 4.79 Å². The van der Waals surface area contributed by atoms with Crippen LogP contribution in [0.25, 0.3) is 10.9 Å². The third-order valence-electron chi connectivity index (χ3n) is 3.75. The Morgan fingerprint density at radius 1 is 1.32 bits per heavy atom. The van der Waals surface area contributed by atoms with Crippen LogP contribution in [0.1, 0.15) is 6.92 Å². The number of carbonyl (C=O) groups is 1. The highest BCUT2D eigenvalue weighted by molar-refractivity contribution is 5.89. The van der Waals surface area contributed by atoms with Crippen molar-refractivity contribution in [3.63, 3.8) is 0 Å². The predicted octanol–water partition coefficient (Wildman–Crippen LogP) is 1.79. The first-order valence-electron chi connectivity index (χ1n) is 6.34. The molecular formula is C14H15N3O2. The molecule has 5 nitrogen and oxygen atoms in total. The van der Waals surface area contributed by atoms with E-state index >= 15 is 0 Å². The van der Waals surface area contributed by atoms with Crippen LogP contribution in [0.2, 0.25) is 0 Å². The van der Waals surface area contributed by atoms with Gasteiger partial charge in [0.2, 0.25) is 0 Å². The van der Waals surface area contributed by atoms with E-state index < -0.39 is 5.97 Å². The maximum absolute atomic E-state index is 11.2. The molecule has 5 heteroatoms. The number of aliphatic carboxylic acids is 1. The number of benzene rings is 1. The van der Waals surface area contributed by atoms with Gasteiger partial charge in [-0.05, 0) is 18.1 Å². The Morgan fingerprint density at radius 2 is 2.11 bits per heavy atom. The zero-order chi connectivity index (χ0) is 13.4. The molecule has 1 aromatic carbocycles. The molecule has 1 aliphatic heterocycles. The summed E-state index contributed by atoms with van der Waals surface area (Å²) >= 11 is 0. The summed E-state index contributed by atoms with van der Waals surface area (Å²) in [6, 6.07) is 7.80. The fourth-order valence-electron chi connectivity index (χ4n) is 2.70. The number of para-hydroxylation sites is 1. The van der Waals surface area contributed by atoms with Crippen LogP contribution < -0.4 is 4.90 Å². The number of aromatic nitrogens is 2. The fraction of sp³-hybridized carbons (Fsp3) is 0.357. The molecule has 0 spiro atoms. The Hall–Kier alpha value is -2.17. The number of hydrogen-bond acceptors (Lipinski definition) is 4. The van der Waals surface area contributed by atoms with Crippen LogP contribution in [0.3, 0.4) is 0 Å². The molecule has 2 aromatic rings. The topological polar surface area (TPSA) is 66.3 Å². The normalized spacial score (nSPS) is 22.9. The van der Waals surface area contributed by atoms with Gasteiger partial charge in [0.05, 0.1) is 11.4 Å². The van der Waals surface area contributed by atoms with Crippen molar-refractivity contribution in [2.24, 2.45) is 11.8 Å². The molecular weight excluding hydrogens is 242 g/mol. The van der Waals surface area contributed by atoms with Gasteiger partial charge in [0.1, 0.15) is 12.1 Å². The molecule has 1 aromatic heterocycles. The van der Waals surface area contributed by atoms with Crippen LogP contribution in [0.5, 0.6) is 0 Å². The van der Waals surface area contributed by atoms with Gasteiger partial charge in [-0.1, -0.05) is 19.1 Å². The standard InChI is InChI=1S/C14H15N3O2/c1-9-6-17(7-11(9)14(18)19)13-10-4-2-3-5-12(10)15-8-16-13/h2-5,8-9,11H,6-7H2,1H3,(H,18,19)/t9-,11-/m1/s1. The van der Waals surface area contributed by atoms with Crippen LogP contribution in [0.4, 0.5) is 5.82 Å². The number of carboxylic acid groups (broad SMARTS) is 1. The zero-order valence-electron chi connectivity index (χ0n) is 10.7. The number of carboxylic acids is 1. The van der Waals surface area contributed by atoms with E-state index in [4.69, 9.17) is 0 Å². The molecule has 98 valence electrons. The Kier molecular flexibility index (Phi) is 2.81. The third kappa shape index (κ3) is 2.01. The van der Waals surface area contributed by atoms with Crippen molar-refractivity contribution in [2.45, 2.75) is 6.92 Å². The summed E-state index contributed by atoms with van der Waals surface area (Å²) < 4.78 is 0. The maximum Gasteiger partial charge on any atom is 0.308 e. The van der Waals surface area contributed by atoms with Crippen molar-refractivity contribution < 1.29 is 9.90 Å². The highest BCUT2D eigenvalue weighted by Crippen LogP contribution is 2.30. The lowest BCUT2D eigenvalue weighted by molar-refractivity contribution is -0.142.